The molecule has 1 atom stereocenters. The number of carbonyl (C=O) groups is 2. The van der Waals surface area contributed by atoms with Crippen molar-refractivity contribution in [3.63, 3.8) is 0 Å². The van der Waals surface area contributed by atoms with E-state index in [1.54, 1.807) is 31.2 Å². The van der Waals surface area contributed by atoms with Crippen molar-refractivity contribution < 1.29 is 27.5 Å². The van der Waals surface area contributed by atoms with E-state index in [0.29, 0.717) is 24.3 Å². The van der Waals surface area contributed by atoms with Crippen LogP contribution in [0.25, 0.3) is 0 Å². The molecule has 1 fully saturated rings. The van der Waals surface area contributed by atoms with E-state index in [1.165, 1.54) is 0 Å². The summed E-state index contributed by atoms with van der Waals surface area (Å²) >= 11 is 0. The maximum absolute atomic E-state index is 12.0. The number of esters is 1. The Bertz CT molecular complexity index is 743. The Morgan fingerprint density at radius 1 is 1.23 bits per heavy atom. The van der Waals surface area contributed by atoms with Crippen LogP contribution in [-0.2, 0) is 19.4 Å². The minimum Gasteiger partial charge on any atom is -0.494 e. The van der Waals surface area contributed by atoms with Gasteiger partial charge in [-0.05, 0) is 44.0 Å². The molecule has 0 aromatic heterocycles. The van der Waals surface area contributed by atoms with Crippen molar-refractivity contribution in [2.45, 2.75) is 38.6 Å². The van der Waals surface area contributed by atoms with Crippen LogP contribution in [0.5, 0.6) is 5.75 Å². The molecule has 7 nitrogen and oxygen atoms in total. The van der Waals surface area contributed by atoms with Crippen molar-refractivity contribution in [1.29, 1.82) is 0 Å². The topological polar surface area (TPSA) is 98.8 Å². The predicted octanol–water partition coefficient (Wildman–Crippen LogP) is 1.72. The fourth-order valence-electron chi connectivity index (χ4n) is 2.72. The quantitative estimate of drug-likeness (QED) is 0.542. The van der Waals surface area contributed by atoms with Gasteiger partial charge in [0.05, 0.1) is 29.2 Å². The number of sulfone groups is 1. The lowest BCUT2D eigenvalue weighted by Gasteiger charge is -2.23. The van der Waals surface area contributed by atoms with Crippen LogP contribution < -0.4 is 10.1 Å². The summed E-state index contributed by atoms with van der Waals surface area (Å²) in [5.74, 6) is -0.514. The Hall–Kier alpha value is -2.09. The molecule has 144 valence electrons. The van der Waals surface area contributed by atoms with Gasteiger partial charge in [0.1, 0.15) is 5.75 Å². The molecule has 1 heterocycles. The molecule has 1 saturated heterocycles. The highest BCUT2D eigenvalue weighted by molar-refractivity contribution is 7.91. The number of carbonyl (C=O) groups excluding carboxylic acids is 2. The molecule has 1 aliphatic heterocycles. The SMILES string of the molecule is CCCCOc1ccc(C(=O)OCC(=O)N[C@@]2(C)CCS(=O)(=O)C2)cc1. The van der Waals surface area contributed by atoms with Gasteiger partial charge in [-0.15, -0.1) is 0 Å². The summed E-state index contributed by atoms with van der Waals surface area (Å²) < 4.78 is 33.6. The monoisotopic (exact) mass is 383 g/mol. The molecule has 0 bridgehead atoms. The molecular formula is C18H25NO6S. The van der Waals surface area contributed by atoms with E-state index in [-0.39, 0.29) is 11.5 Å². The van der Waals surface area contributed by atoms with Gasteiger partial charge >= 0.3 is 5.97 Å². The van der Waals surface area contributed by atoms with Crippen molar-refractivity contribution >= 4 is 21.7 Å². The Kier molecular flexibility index (Phi) is 6.63. The molecule has 26 heavy (non-hydrogen) atoms. The molecule has 1 aromatic rings. The van der Waals surface area contributed by atoms with Crippen molar-refractivity contribution in [3.8, 4) is 5.75 Å². The van der Waals surface area contributed by atoms with Gasteiger partial charge in [-0.25, -0.2) is 13.2 Å². The molecule has 1 aromatic carbocycles. The first-order valence-corrected chi connectivity index (χ1v) is 10.5. The first-order valence-electron chi connectivity index (χ1n) is 8.64. The molecule has 0 radical (unpaired) electrons. The van der Waals surface area contributed by atoms with Gasteiger partial charge in [0.15, 0.2) is 16.4 Å². The summed E-state index contributed by atoms with van der Waals surface area (Å²) in [5, 5.41) is 2.64. The van der Waals surface area contributed by atoms with Crippen molar-refractivity contribution in [3.05, 3.63) is 29.8 Å². The number of amides is 1. The number of rotatable bonds is 8. The molecular weight excluding hydrogens is 358 g/mol. The normalized spacial score (nSPS) is 21.2. The highest BCUT2D eigenvalue weighted by Crippen LogP contribution is 2.22. The van der Waals surface area contributed by atoms with Crippen LogP contribution in [0.1, 0.15) is 43.5 Å². The third kappa shape index (κ3) is 6.01. The Labute approximate surface area is 154 Å². The second-order valence-corrected chi connectivity index (χ2v) is 8.94. The minimum atomic E-state index is -3.12. The molecule has 1 N–H and O–H groups in total. The fraction of sp³-hybridized carbons (Fsp3) is 0.556. The largest absolute Gasteiger partial charge is 0.494 e. The predicted molar refractivity (Wildman–Crippen MR) is 96.9 cm³/mol. The molecule has 0 aliphatic carbocycles. The zero-order valence-corrected chi connectivity index (χ0v) is 15.9. The van der Waals surface area contributed by atoms with Gasteiger partial charge in [-0.3, -0.25) is 4.79 Å². The maximum Gasteiger partial charge on any atom is 0.338 e. The summed E-state index contributed by atoms with van der Waals surface area (Å²) in [7, 11) is -3.12. The lowest BCUT2D eigenvalue weighted by molar-refractivity contribution is -0.125. The number of hydrogen-bond donors (Lipinski definition) is 1. The summed E-state index contributed by atoms with van der Waals surface area (Å²) in [6, 6.07) is 6.51. The third-order valence-corrected chi connectivity index (χ3v) is 6.04. The first kappa shape index (κ1) is 20.2. The van der Waals surface area contributed by atoms with E-state index in [1.807, 2.05) is 0 Å². The van der Waals surface area contributed by atoms with Crippen LogP contribution >= 0.6 is 0 Å². The van der Waals surface area contributed by atoms with Gasteiger partial charge in [0.2, 0.25) is 0 Å². The van der Waals surface area contributed by atoms with Gasteiger partial charge in [-0.1, -0.05) is 13.3 Å². The second-order valence-electron chi connectivity index (χ2n) is 6.75. The van der Waals surface area contributed by atoms with Crippen molar-refractivity contribution in [2.75, 3.05) is 24.7 Å². The van der Waals surface area contributed by atoms with Crippen LogP contribution in [0.4, 0.5) is 0 Å². The van der Waals surface area contributed by atoms with E-state index in [2.05, 4.69) is 12.2 Å². The fourth-order valence-corrected chi connectivity index (χ4v) is 4.81. The Morgan fingerprint density at radius 2 is 1.92 bits per heavy atom. The van der Waals surface area contributed by atoms with Gasteiger partial charge in [0, 0.05) is 0 Å². The standard InChI is InChI=1S/C18H25NO6S/c1-3-4-10-24-15-7-5-14(6-8-15)17(21)25-12-16(20)19-18(2)9-11-26(22,23)13-18/h5-8H,3-4,9-13H2,1-2H3,(H,19,20)/t18-/m0/s1. The average Bonchev–Trinajstić information content (AvgIpc) is 2.86. The van der Waals surface area contributed by atoms with E-state index in [0.717, 1.165) is 12.8 Å². The Balaban J connectivity index is 1.80. The summed E-state index contributed by atoms with van der Waals surface area (Å²) in [6.45, 7) is 3.91. The summed E-state index contributed by atoms with van der Waals surface area (Å²) in [5.41, 5.74) is -0.491. The van der Waals surface area contributed by atoms with E-state index >= 15 is 0 Å². The van der Waals surface area contributed by atoms with Crippen molar-refractivity contribution in [2.24, 2.45) is 0 Å². The van der Waals surface area contributed by atoms with Crippen LogP contribution in [0, 0.1) is 0 Å². The number of unbranched alkanes of at least 4 members (excludes halogenated alkanes) is 1. The maximum atomic E-state index is 12.0. The van der Waals surface area contributed by atoms with Crippen LogP contribution in [-0.4, -0.2) is 50.6 Å². The molecule has 0 spiro atoms. The lowest BCUT2D eigenvalue weighted by atomic mass is 10.0. The van der Waals surface area contributed by atoms with Crippen molar-refractivity contribution in [1.82, 2.24) is 5.32 Å². The molecule has 0 unspecified atom stereocenters. The second kappa shape index (κ2) is 8.53. The first-order chi connectivity index (χ1) is 12.2. The average molecular weight is 383 g/mol. The lowest BCUT2D eigenvalue weighted by Crippen LogP contribution is -2.48. The smallest absolute Gasteiger partial charge is 0.338 e. The molecule has 2 rings (SSSR count). The number of ether oxygens (including phenoxy) is 2. The van der Waals surface area contributed by atoms with E-state index in [9.17, 15) is 18.0 Å². The van der Waals surface area contributed by atoms with Gasteiger partial charge in [0.25, 0.3) is 5.91 Å². The highest BCUT2D eigenvalue weighted by Gasteiger charge is 2.39. The third-order valence-electron chi connectivity index (χ3n) is 4.14. The van der Waals surface area contributed by atoms with Crippen LogP contribution in [0.15, 0.2) is 24.3 Å². The molecule has 1 aliphatic rings. The van der Waals surface area contributed by atoms with Gasteiger partial charge < -0.3 is 14.8 Å². The highest BCUT2D eigenvalue weighted by atomic mass is 32.2. The zero-order valence-electron chi connectivity index (χ0n) is 15.1. The number of hydrogen-bond acceptors (Lipinski definition) is 6. The molecule has 1 amide bonds. The summed E-state index contributed by atoms with van der Waals surface area (Å²) in [4.78, 5) is 24.0. The minimum absolute atomic E-state index is 0.0518. The number of nitrogens with one attached hydrogen (secondary N) is 1. The van der Waals surface area contributed by atoms with E-state index in [4.69, 9.17) is 9.47 Å². The van der Waals surface area contributed by atoms with Crippen LogP contribution in [0.2, 0.25) is 0 Å². The molecule has 8 heteroatoms. The number of benzene rings is 1. The summed E-state index contributed by atoms with van der Waals surface area (Å²) in [6.07, 6.45) is 2.35. The Morgan fingerprint density at radius 3 is 2.50 bits per heavy atom. The zero-order chi connectivity index (χ0) is 19.2. The van der Waals surface area contributed by atoms with E-state index < -0.39 is 33.9 Å². The van der Waals surface area contributed by atoms with Crippen LogP contribution in [0.3, 0.4) is 0 Å². The van der Waals surface area contributed by atoms with Gasteiger partial charge in [-0.2, -0.15) is 0 Å². The molecule has 0 saturated carbocycles.